The van der Waals surface area contributed by atoms with E-state index in [1.807, 2.05) is 27.7 Å². The first kappa shape index (κ1) is 17.6. The largest absolute Gasteiger partial charge is 0.498 e. The van der Waals surface area contributed by atoms with Crippen molar-refractivity contribution in [3.63, 3.8) is 0 Å². The van der Waals surface area contributed by atoms with Gasteiger partial charge in [0, 0.05) is 43.5 Å². The lowest BCUT2D eigenvalue weighted by molar-refractivity contribution is 0.00578. The summed E-state index contributed by atoms with van der Waals surface area (Å²) in [5.41, 5.74) is 0.111. The van der Waals surface area contributed by atoms with Crippen molar-refractivity contribution in [3.8, 4) is 0 Å². The van der Waals surface area contributed by atoms with Gasteiger partial charge in [0.15, 0.2) is 0 Å². The summed E-state index contributed by atoms with van der Waals surface area (Å²) in [7, 11) is -0.429. The van der Waals surface area contributed by atoms with E-state index in [4.69, 9.17) is 14.4 Å². The van der Waals surface area contributed by atoms with E-state index >= 15 is 0 Å². The molecule has 1 unspecified atom stereocenters. The van der Waals surface area contributed by atoms with Gasteiger partial charge < -0.3 is 24.6 Å². The lowest BCUT2D eigenvalue weighted by atomic mass is 9.81. The maximum absolute atomic E-state index is 8.89. The molecule has 2 aliphatic heterocycles. The highest BCUT2D eigenvalue weighted by Gasteiger charge is 2.52. The van der Waals surface area contributed by atoms with Crippen LogP contribution in [-0.2, 0) is 9.31 Å². The number of rotatable bonds is 5. The van der Waals surface area contributed by atoms with E-state index < -0.39 is 7.12 Å². The van der Waals surface area contributed by atoms with Gasteiger partial charge in [-0.05, 0) is 34.1 Å². The lowest BCUT2D eigenvalue weighted by Gasteiger charge is -2.32. The van der Waals surface area contributed by atoms with Gasteiger partial charge in [-0.25, -0.2) is 9.97 Å². The molecule has 2 aliphatic rings. The lowest BCUT2D eigenvalue weighted by Crippen LogP contribution is -2.41. The normalized spacial score (nSPS) is 25.5. The van der Waals surface area contributed by atoms with E-state index in [0.717, 1.165) is 30.9 Å². The van der Waals surface area contributed by atoms with Gasteiger partial charge in [-0.3, -0.25) is 0 Å². The van der Waals surface area contributed by atoms with Crippen LogP contribution in [0.3, 0.4) is 0 Å². The highest BCUT2D eigenvalue weighted by molar-refractivity contribution is 6.61. The third kappa shape index (κ3) is 3.42. The summed E-state index contributed by atoms with van der Waals surface area (Å²) >= 11 is 0. The molecule has 2 N–H and O–H groups in total. The first-order chi connectivity index (χ1) is 11.3. The number of hydrogen-bond donors (Lipinski definition) is 2. The molecule has 7 nitrogen and oxygen atoms in total. The van der Waals surface area contributed by atoms with Crippen molar-refractivity contribution in [3.05, 3.63) is 12.4 Å². The van der Waals surface area contributed by atoms with Crippen LogP contribution in [0, 0.1) is 0 Å². The van der Waals surface area contributed by atoms with Crippen molar-refractivity contribution in [1.82, 2.24) is 15.3 Å². The molecule has 1 aromatic heterocycles. The SMILES string of the molecule is CC1(C)OB(c2cnc(N3CCC(NCCO)C3)nc2)OC1(C)C. The number of aromatic nitrogens is 2. The molecular weight excluding hydrogens is 307 g/mol. The molecule has 3 heterocycles. The molecule has 132 valence electrons. The van der Waals surface area contributed by atoms with Gasteiger partial charge >= 0.3 is 7.12 Å². The van der Waals surface area contributed by atoms with E-state index in [0.29, 0.717) is 12.6 Å². The van der Waals surface area contributed by atoms with Crippen LogP contribution in [-0.4, -0.2) is 65.7 Å². The zero-order valence-electron chi connectivity index (χ0n) is 15.0. The minimum Gasteiger partial charge on any atom is -0.399 e. The Bertz CT molecular complexity index is 551. The highest BCUT2D eigenvalue weighted by atomic mass is 16.7. The Morgan fingerprint density at radius 2 is 1.88 bits per heavy atom. The second kappa shape index (κ2) is 6.59. The summed E-state index contributed by atoms with van der Waals surface area (Å²) in [5.74, 6) is 0.726. The summed E-state index contributed by atoms with van der Waals surface area (Å²) in [5, 5.41) is 12.2. The Balaban J connectivity index is 1.63. The average molecular weight is 334 g/mol. The summed E-state index contributed by atoms with van der Waals surface area (Å²) in [6.07, 6.45) is 4.61. The van der Waals surface area contributed by atoms with Crippen LogP contribution in [0.2, 0.25) is 0 Å². The molecule has 3 rings (SSSR count). The Hall–Kier alpha value is -1.22. The predicted octanol–water partition coefficient (Wildman–Crippen LogP) is -0.0636. The fourth-order valence-electron chi connectivity index (χ4n) is 2.97. The van der Waals surface area contributed by atoms with Crippen molar-refractivity contribution < 1.29 is 14.4 Å². The summed E-state index contributed by atoms with van der Waals surface area (Å²) < 4.78 is 12.1. The molecule has 8 heteroatoms. The van der Waals surface area contributed by atoms with Gasteiger partial charge in [-0.2, -0.15) is 0 Å². The van der Waals surface area contributed by atoms with E-state index in [1.54, 1.807) is 12.4 Å². The maximum Gasteiger partial charge on any atom is 0.498 e. The van der Waals surface area contributed by atoms with Gasteiger partial charge in [0.05, 0.1) is 17.8 Å². The van der Waals surface area contributed by atoms with Gasteiger partial charge in [0.2, 0.25) is 5.95 Å². The smallest absolute Gasteiger partial charge is 0.399 e. The average Bonchev–Trinajstić information content (AvgIpc) is 3.08. The molecule has 2 saturated heterocycles. The van der Waals surface area contributed by atoms with Crippen LogP contribution in [0.4, 0.5) is 5.95 Å². The Morgan fingerprint density at radius 3 is 2.46 bits per heavy atom. The van der Waals surface area contributed by atoms with Gasteiger partial charge in [0.25, 0.3) is 0 Å². The minimum absolute atomic E-state index is 0.162. The number of hydrogen-bond acceptors (Lipinski definition) is 7. The predicted molar refractivity (Wildman–Crippen MR) is 93.5 cm³/mol. The third-order valence-corrected chi connectivity index (χ3v) is 5.20. The number of aliphatic hydroxyl groups is 1. The van der Waals surface area contributed by atoms with E-state index in [9.17, 15) is 0 Å². The Kier molecular flexibility index (Phi) is 4.83. The Labute approximate surface area is 143 Å². The third-order valence-electron chi connectivity index (χ3n) is 5.20. The quantitative estimate of drug-likeness (QED) is 0.730. The van der Waals surface area contributed by atoms with Gasteiger partial charge in [0.1, 0.15) is 0 Å². The Morgan fingerprint density at radius 1 is 1.25 bits per heavy atom. The van der Waals surface area contributed by atoms with Crippen LogP contribution in [0.15, 0.2) is 12.4 Å². The van der Waals surface area contributed by atoms with Gasteiger partial charge in [-0.1, -0.05) is 0 Å². The summed E-state index contributed by atoms with van der Waals surface area (Å²) in [6, 6.07) is 0.378. The van der Waals surface area contributed by atoms with Crippen LogP contribution in [0.1, 0.15) is 34.1 Å². The summed E-state index contributed by atoms with van der Waals surface area (Å²) in [4.78, 5) is 11.1. The first-order valence-corrected chi connectivity index (χ1v) is 8.59. The van der Waals surface area contributed by atoms with E-state index in [-0.39, 0.29) is 17.8 Å². The molecule has 0 spiro atoms. The van der Waals surface area contributed by atoms with Crippen LogP contribution in [0.25, 0.3) is 0 Å². The second-order valence-electron chi connectivity index (χ2n) is 7.51. The molecule has 1 atom stereocenters. The molecule has 0 aliphatic carbocycles. The molecule has 2 fully saturated rings. The molecule has 0 saturated carbocycles. The topological polar surface area (TPSA) is 79.7 Å². The van der Waals surface area contributed by atoms with Crippen molar-refractivity contribution >= 4 is 18.5 Å². The second-order valence-corrected chi connectivity index (χ2v) is 7.51. The minimum atomic E-state index is -0.429. The van der Waals surface area contributed by atoms with Crippen molar-refractivity contribution in [2.24, 2.45) is 0 Å². The van der Waals surface area contributed by atoms with Gasteiger partial charge in [-0.15, -0.1) is 0 Å². The number of nitrogens with zero attached hydrogens (tertiary/aromatic N) is 3. The molecular formula is C16H27BN4O3. The zero-order valence-corrected chi connectivity index (χ0v) is 15.0. The molecule has 0 amide bonds. The van der Waals surface area contributed by atoms with E-state index in [2.05, 4.69) is 20.2 Å². The van der Waals surface area contributed by atoms with Crippen LogP contribution >= 0.6 is 0 Å². The molecule has 0 aromatic carbocycles. The van der Waals surface area contributed by atoms with Crippen molar-refractivity contribution in [1.29, 1.82) is 0 Å². The highest BCUT2D eigenvalue weighted by Crippen LogP contribution is 2.36. The molecule has 0 bridgehead atoms. The summed E-state index contributed by atoms with van der Waals surface area (Å²) in [6.45, 7) is 10.7. The molecule has 24 heavy (non-hydrogen) atoms. The fraction of sp³-hybridized carbons (Fsp3) is 0.750. The zero-order chi connectivity index (χ0) is 17.4. The monoisotopic (exact) mass is 334 g/mol. The van der Waals surface area contributed by atoms with Crippen molar-refractivity contribution in [2.75, 3.05) is 31.1 Å². The van der Waals surface area contributed by atoms with Crippen LogP contribution in [0.5, 0.6) is 0 Å². The first-order valence-electron chi connectivity index (χ1n) is 8.59. The van der Waals surface area contributed by atoms with Crippen LogP contribution < -0.4 is 15.7 Å². The van der Waals surface area contributed by atoms with E-state index in [1.165, 1.54) is 0 Å². The molecule has 0 radical (unpaired) electrons. The number of anilines is 1. The number of aliphatic hydroxyl groups excluding tert-OH is 1. The number of nitrogens with one attached hydrogen (secondary N) is 1. The molecule has 1 aromatic rings. The van der Waals surface area contributed by atoms with Crippen molar-refractivity contribution in [2.45, 2.75) is 51.4 Å². The maximum atomic E-state index is 8.89. The fourth-order valence-corrected chi connectivity index (χ4v) is 2.97. The standard InChI is InChI=1S/C16H27BN4O3/c1-15(2)16(3,4)24-17(23-15)12-9-19-14(20-10-12)21-7-5-13(11-21)18-6-8-22/h9-10,13,18,22H,5-8,11H2,1-4H3.